The van der Waals surface area contributed by atoms with Gasteiger partial charge >= 0.3 is 0 Å². The summed E-state index contributed by atoms with van der Waals surface area (Å²) in [7, 11) is 0. The van der Waals surface area contributed by atoms with E-state index in [4.69, 9.17) is 21.1 Å². The minimum atomic E-state index is -0.305. The van der Waals surface area contributed by atoms with Crippen molar-refractivity contribution >= 4 is 46.6 Å². The molecule has 0 aliphatic carbocycles. The highest BCUT2D eigenvalue weighted by molar-refractivity contribution is 6.30. The summed E-state index contributed by atoms with van der Waals surface area (Å²) in [4.78, 5) is 33.7. The largest absolute Gasteiger partial charge is 0.508 e. The first-order valence-corrected chi connectivity index (χ1v) is 16.8. The number of anilines is 2. The van der Waals surface area contributed by atoms with Gasteiger partial charge in [-0.25, -0.2) is 4.99 Å². The van der Waals surface area contributed by atoms with Crippen molar-refractivity contribution in [1.29, 1.82) is 0 Å². The smallest absolute Gasteiger partial charge is 0.251 e. The van der Waals surface area contributed by atoms with Crippen LogP contribution in [0.2, 0.25) is 5.02 Å². The van der Waals surface area contributed by atoms with E-state index < -0.39 is 0 Å². The first-order valence-electron chi connectivity index (χ1n) is 16.4. The number of hydrogen-bond acceptors (Lipinski definition) is 8. The number of nitrogens with zero attached hydrogens (tertiary/aromatic N) is 2. The van der Waals surface area contributed by atoms with Gasteiger partial charge in [0.1, 0.15) is 23.2 Å². The molecular formula is C38H42ClN7O6. The summed E-state index contributed by atoms with van der Waals surface area (Å²) in [5.74, 6) is 0.863. The summed E-state index contributed by atoms with van der Waals surface area (Å²) in [6.45, 7) is 8.21. The van der Waals surface area contributed by atoms with Gasteiger partial charge in [0.15, 0.2) is 0 Å². The van der Waals surface area contributed by atoms with Crippen molar-refractivity contribution < 1.29 is 29.3 Å². The first-order chi connectivity index (χ1) is 25.2. The number of aliphatic imine (C=N–C) groups is 2. The number of carbonyl (C=O) groups excluding carboxylic acids is 2. The van der Waals surface area contributed by atoms with Crippen molar-refractivity contribution in [2.45, 2.75) is 13.5 Å². The fraction of sp³-hybridized carbons (Fsp3) is 0.211. The Bertz CT molecular complexity index is 1840. The topological polar surface area (TPSA) is 178 Å². The Morgan fingerprint density at radius 3 is 2.12 bits per heavy atom. The number of phenols is 2. The second-order valence-electron chi connectivity index (χ2n) is 11.2. The molecule has 4 aromatic carbocycles. The van der Waals surface area contributed by atoms with Crippen LogP contribution in [0.15, 0.2) is 119 Å². The number of amides is 2. The third-order valence-electron chi connectivity index (χ3n) is 7.12. The number of guanidine groups is 1. The maximum atomic E-state index is 12.7. The van der Waals surface area contributed by atoms with E-state index in [0.717, 1.165) is 0 Å². The number of rotatable bonds is 17. The number of amidine groups is 1. The second-order valence-corrected chi connectivity index (χ2v) is 11.6. The molecule has 0 bridgehead atoms. The zero-order chi connectivity index (χ0) is 37.1. The van der Waals surface area contributed by atoms with Gasteiger partial charge in [-0.15, -0.1) is 0 Å². The average Bonchev–Trinajstić information content (AvgIpc) is 3.13. The molecular weight excluding hydrogens is 686 g/mol. The zero-order valence-electron chi connectivity index (χ0n) is 28.7. The number of nitrogens with one attached hydrogen (secondary N) is 5. The Labute approximate surface area is 307 Å². The molecule has 52 heavy (non-hydrogen) atoms. The molecule has 0 spiro atoms. The summed E-state index contributed by atoms with van der Waals surface area (Å²) in [5, 5.41) is 35.1. The number of halogens is 1. The summed E-state index contributed by atoms with van der Waals surface area (Å²) in [6, 6.07) is 27.0. The van der Waals surface area contributed by atoms with Crippen LogP contribution in [0, 0.1) is 0 Å². The molecule has 0 saturated carbocycles. The summed E-state index contributed by atoms with van der Waals surface area (Å²) >= 11 is 5.88. The van der Waals surface area contributed by atoms with Crippen molar-refractivity contribution in [3.05, 3.63) is 131 Å². The van der Waals surface area contributed by atoms with Crippen molar-refractivity contribution in [2.75, 3.05) is 50.2 Å². The van der Waals surface area contributed by atoms with Crippen LogP contribution >= 0.6 is 11.6 Å². The van der Waals surface area contributed by atoms with Gasteiger partial charge in [0, 0.05) is 46.2 Å². The Morgan fingerprint density at radius 1 is 0.769 bits per heavy atom. The molecule has 7 N–H and O–H groups in total. The lowest BCUT2D eigenvalue weighted by Crippen LogP contribution is -2.33. The molecule has 0 fully saturated rings. The highest BCUT2D eigenvalue weighted by Gasteiger charge is 2.09. The van der Waals surface area contributed by atoms with Crippen LogP contribution in [0.3, 0.4) is 0 Å². The molecule has 0 aliphatic heterocycles. The Morgan fingerprint density at radius 2 is 1.40 bits per heavy atom. The number of hydrogen-bond donors (Lipinski definition) is 7. The highest BCUT2D eigenvalue weighted by atomic mass is 35.5. The quantitative estimate of drug-likeness (QED) is 0.0320. The Hall–Kier alpha value is -5.89. The Balaban J connectivity index is 1.21. The van der Waals surface area contributed by atoms with Crippen LogP contribution < -0.4 is 26.6 Å². The number of phenolic OH excluding ortho intramolecular Hbond substituents is 2. The molecule has 0 aliphatic rings. The minimum Gasteiger partial charge on any atom is -0.508 e. The lowest BCUT2D eigenvalue weighted by molar-refractivity contribution is 0.0512. The Kier molecular flexibility index (Phi) is 15.5. The summed E-state index contributed by atoms with van der Waals surface area (Å²) in [6.07, 6.45) is 0. The molecule has 0 aromatic heterocycles. The molecule has 0 saturated heterocycles. The van der Waals surface area contributed by atoms with E-state index in [1.807, 2.05) is 18.2 Å². The first kappa shape index (κ1) is 38.9. The van der Waals surface area contributed by atoms with E-state index >= 15 is 0 Å². The standard InChI is InChI=1S/C38H42ClN7O6/c1-26(40-18-20-51-22-23-52-21-19-41-36(49)28-6-4-3-5-7-28)44-38(46-33-14-16-34(47)17-15-33)45-27(2)43-32-12-9-29(10-13-32)37(50)42-25-30-8-11-31(39)24-35(30)48/h3-17,24,43,47-48H,2,18-23,25H2,1H3,(H,41,49)(H,42,50)(H2,40,44,45,46). The SMILES string of the molecule is C=C(NC(=NC(C)=NCCOCCOCCNC(=O)c1ccccc1)Nc1ccc(O)cc1)Nc1ccc(C(=O)NCc2ccc(Cl)cc2O)cc1. The average molecular weight is 728 g/mol. The van der Waals surface area contributed by atoms with E-state index in [1.165, 1.54) is 6.07 Å². The zero-order valence-corrected chi connectivity index (χ0v) is 29.5. The molecule has 2 amide bonds. The van der Waals surface area contributed by atoms with E-state index in [-0.39, 0.29) is 29.9 Å². The van der Waals surface area contributed by atoms with Gasteiger partial charge in [-0.1, -0.05) is 42.4 Å². The second kappa shape index (κ2) is 20.7. The number of benzene rings is 4. The monoisotopic (exact) mass is 727 g/mol. The van der Waals surface area contributed by atoms with Crippen molar-refractivity contribution in [3.63, 3.8) is 0 Å². The van der Waals surface area contributed by atoms with Gasteiger partial charge < -0.3 is 46.3 Å². The van der Waals surface area contributed by atoms with E-state index in [0.29, 0.717) is 90.2 Å². The fourth-order valence-electron chi connectivity index (χ4n) is 4.51. The molecule has 0 unspecified atom stereocenters. The normalized spacial score (nSPS) is 11.4. The lowest BCUT2D eigenvalue weighted by atomic mass is 10.1. The molecule has 13 nitrogen and oxygen atoms in total. The highest BCUT2D eigenvalue weighted by Crippen LogP contribution is 2.22. The molecule has 4 rings (SSSR count). The van der Waals surface area contributed by atoms with E-state index in [1.54, 1.807) is 79.7 Å². The maximum absolute atomic E-state index is 12.7. The predicted molar refractivity (Wildman–Crippen MR) is 204 cm³/mol. The fourth-order valence-corrected chi connectivity index (χ4v) is 4.67. The van der Waals surface area contributed by atoms with Gasteiger partial charge in [0.25, 0.3) is 11.8 Å². The van der Waals surface area contributed by atoms with Gasteiger partial charge in [-0.05, 0) is 79.7 Å². The predicted octanol–water partition coefficient (Wildman–Crippen LogP) is 5.50. The molecule has 0 atom stereocenters. The third-order valence-corrected chi connectivity index (χ3v) is 7.35. The number of aromatic hydroxyl groups is 2. The molecule has 14 heteroatoms. The summed E-state index contributed by atoms with van der Waals surface area (Å²) in [5.41, 5.74) is 2.91. The van der Waals surface area contributed by atoms with Gasteiger partial charge in [-0.2, -0.15) is 0 Å². The van der Waals surface area contributed by atoms with Gasteiger partial charge in [-0.3, -0.25) is 14.6 Å². The van der Waals surface area contributed by atoms with Crippen LogP contribution in [0.1, 0.15) is 33.2 Å². The lowest BCUT2D eigenvalue weighted by Gasteiger charge is -2.16. The van der Waals surface area contributed by atoms with Crippen molar-refractivity contribution in [3.8, 4) is 11.5 Å². The van der Waals surface area contributed by atoms with Crippen molar-refractivity contribution in [1.82, 2.24) is 16.0 Å². The number of carbonyl (C=O) groups is 2. The third kappa shape index (κ3) is 13.8. The van der Waals surface area contributed by atoms with Crippen molar-refractivity contribution in [2.24, 2.45) is 9.98 Å². The molecule has 4 aromatic rings. The minimum absolute atomic E-state index is 0.00872. The van der Waals surface area contributed by atoms with E-state index in [9.17, 15) is 19.8 Å². The van der Waals surface area contributed by atoms with Crippen LogP contribution in [0.25, 0.3) is 0 Å². The maximum Gasteiger partial charge on any atom is 0.251 e. The van der Waals surface area contributed by atoms with Crippen LogP contribution in [-0.2, 0) is 16.0 Å². The van der Waals surface area contributed by atoms with Gasteiger partial charge in [0.05, 0.1) is 33.0 Å². The molecule has 0 radical (unpaired) electrons. The summed E-state index contributed by atoms with van der Waals surface area (Å²) < 4.78 is 11.1. The van der Waals surface area contributed by atoms with Crippen LogP contribution in [0.4, 0.5) is 11.4 Å². The van der Waals surface area contributed by atoms with E-state index in [2.05, 4.69) is 43.1 Å². The van der Waals surface area contributed by atoms with Gasteiger partial charge in [0.2, 0.25) is 5.96 Å². The molecule has 0 heterocycles. The van der Waals surface area contributed by atoms with Crippen LogP contribution in [-0.4, -0.2) is 73.3 Å². The van der Waals surface area contributed by atoms with Crippen LogP contribution in [0.5, 0.6) is 11.5 Å². The number of ether oxygens (including phenoxy) is 2. The molecule has 272 valence electrons.